The van der Waals surface area contributed by atoms with Crippen LogP contribution in [0, 0.1) is 6.92 Å². The van der Waals surface area contributed by atoms with Gasteiger partial charge in [0.25, 0.3) is 0 Å². The molecule has 1 aromatic heterocycles. The van der Waals surface area contributed by atoms with Crippen LogP contribution in [0.25, 0.3) is 0 Å². The Bertz CT molecular complexity index is 779. The van der Waals surface area contributed by atoms with Gasteiger partial charge in [-0.05, 0) is 38.0 Å². The van der Waals surface area contributed by atoms with E-state index in [1.54, 1.807) is 10.9 Å². The second-order valence-electron chi connectivity index (χ2n) is 6.09. The van der Waals surface area contributed by atoms with Crippen molar-refractivity contribution < 1.29 is 8.42 Å². The quantitative estimate of drug-likeness (QED) is 0.879. The van der Waals surface area contributed by atoms with E-state index in [-0.39, 0.29) is 17.5 Å². The van der Waals surface area contributed by atoms with Crippen molar-refractivity contribution in [1.82, 2.24) is 14.5 Å². The molecule has 2 aromatic rings. The first-order valence-corrected chi connectivity index (χ1v) is 8.99. The molecule has 0 aliphatic rings. The zero-order valence-electron chi connectivity index (χ0n) is 14.2. The van der Waals surface area contributed by atoms with Gasteiger partial charge in [0.05, 0.1) is 6.20 Å². The van der Waals surface area contributed by atoms with E-state index in [0.29, 0.717) is 0 Å². The largest absolute Gasteiger partial charge is 0.377 e. The number of sulfonamides is 1. The molecule has 2 rings (SSSR count). The van der Waals surface area contributed by atoms with E-state index in [1.807, 2.05) is 58.0 Å². The molecule has 1 heterocycles. The maximum Gasteiger partial charge on any atom is 0.243 e. The molecular weight excluding hydrogens is 312 g/mol. The Kier molecular flexibility index (Phi) is 5.11. The molecule has 7 heteroatoms. The van der Waals surface area contributed by atoms with Gasteiger partial charge >= 0.3 is 0 Å². The van der Waals surface area contributed by atoms with Gasteiger partial charge in [0.1, 0.15) is 4.90 Å². The van der Waals surface area contributed by atoms with Crippen molar-refractivity contribution in [2.45, 2.75) is 38.3 Å². The Morgan fingerprint density at radius 3 is 2.52 bits per heavy atom. The molecule has 0 aliphatic heterocycles. The lowest BCUT2D eigenvalue weighted by atomic mass is 10.1. The number of aryl methyl sites for hydroxylation is 1. The number of aromatic nitrogens is 2. The van der Waals surface area contributed by atoms with Crippen LogP contribution in [-0.2, 0) is 16.6 Å². The third kappa shape index (κ3) is 4.11. The summed E-state index contributed by atoms with van der Waals surface area (Å²) < 4.78 is 28.9. The topological polar surface area (TPSA) is 67.2 Å². The second-order valence-corrected chi connectivity index (χ2v) is 7.86. The monoisotopic (exact) mass is 336 g/mol. The number of nitrogens with zero attached hydrogens (tertiary/aromatic N) is 3. The van der Waals surface area contributed by atoms with E-state index in [4.69, 9.17) is 0 Å². The maximum absolute atomic E-state index is 12.3. The van der Waals surface area contributed by atoms with Crippen LogP contribution in [0.2, 0.25) is 0 Å². The van der Waals surface area contributed by atoms with Crippen molar-refractivity contribution in [2.24, 2.45) is 0 Å². The minimum absolute atomic E-state index is 0.125. The Hall–Kier alpha value is -1.86. The van der Waals surface area contributed by atoms with Crippen LogP contribution in [0.1, 0.15) is 31.0 Å². The predicted molar refractivity (Wildman–Crippen MR) is 92.1 cm³/mol. The molecule has 0 saturated carbocycles. The second kappa shape index (κ2) is 6.72. The van der Waals surface area contributed by atoms with Crippen LogP contribution in [0.4, 0.5) is 5.69 Å². The van der Waals surface area contributed by atoms with Crippen molar-refractivity contribution in [2.75, 3.05) is 19.0 Å². The molecule has 126 valence electrons. The minimum Gasteiger partial charge on any atom is -0.377 e. The molecule has 6 nitrogen and oxygen atoms in total. The number of anilines is 1. The normalized spacial score (nSPS) is 11.9. The highest BCUT2D eigenvalue weighted by Gasteiger charge is 2.17. The summed E-state index contributed by atoms with van der Waals surface area (Å²) in [6, 6.07) is 6.05. The maximum atomic E-state index is 12.3. The molecule has 0 radical (unpaired) electrons. The Morgan fingerprint density at radius 2 is 2.00 bits per heavy atom. The number of hydrogen-bond donors (Lipinski definition) is 1. The van der Waals surface area contributed by atoms with Gasteiger partial charge in [-0.3, -0.25) is 4.68 Å². The summed E-state index contributed by atoms with van der Waals surface area (Å²) in [6.07, 6.45) is 2.93. The Morgan fingerprint density at radius 1 is 1.30 bits per heavy atom. The number of nitrogens with one attached hydrogen (secondary N) is 1. The number of benzene rings is 1. The fraction of sp³-hybridized carbons (Fsp3) is 0.438. The van der Waals surface area contributed by atoms with Crippen LogP contribution >= 0.6 is 0 Å². The minimum atomic E-state index is -3.55. The van der Waals surface area contributed by atoms with Crippen molar-refractivity contribution in [1.29, 1.82) is 0 Å². The first kappa shape index (κ1) is 17.5. The van der Waals surface area contributed by atoms with E-state index < -0.39 is 10.0 Å². The van der Waals surface area contributed by atoms with E-state index in [2.05, 4.69) is 9.82 Å². The lowest BCUT2D eigenvalue weighted by Crippen LogP contribution is -2.23. The van der Waals surface area contributed by atoms with Crippen molar-refractivity contribution in [3.05, 3.63) is 41.7 Å². The standard InChI is InChI=1S/C16H24N4O2S/c1-12(2)20-11-15(10-17-20)23(21,22)18-9-14-6-7-16(19(4)5)13(3)8-14/h6-8,10-12,18H,9H2,1-5H3. The SMILES string of the molecule is Cc1cc(CNS(=O)(=O)c2cnn(C(C)C)c2)ccc1N(C)C. The van der Waals surface area contributed by atoms with Gasteiger partial charge in [0.15, 0.2) is 0 Å². The highest BCUT2D eigenvalue weighted by Crippen LogP contribution is 2.19. The van der Waals surface area contributed by atoms with E-state index >= 15 is 0 Å². The van der Waals surface area contributed by atoms with Crippen molar-refractivity contribution in [3.63, 3.8) is 0 Å². The highest BCUT2D eigenvalue weighted by molar-refractivity contribution is 7.89. The average molecular weight is 336 g/mol. The summed E-state index contributed by atoms with van der Waals surface area (Å²) >= 11 is 0. The predicted octanol–water partition coefficient (Wildman–Crippen LogP) is 2.32. The van der Waals surface area contributed by atoms with E-state index in [9.17, 15) is 8.42 Å². The molecule has 23 heavy (non-hydrogen) atoms. The summed E-state index contributed by atoms with van der Waals surface area (Å²) in [5.41, 5.74) is 3.15. The Balaban J connectivity index is 2.11. The lowest BCUT2D eigenvalue weighted by molar-refractivity contribution is 0.531. The summed E-state index contributed by atoms with van der Waals surface area (Å²) in [5.74, 6) is 0. The molecule has 0 aliphatic carbocycles. The summed E-state index contributed by atoms with van der Waals surface area (Å²) in [5, 5.41) is 4.07. The van der Waals surface area contributed by atoms with Crippen molar-refractivity contribution in [3.8, 4) is 0 Å². The van der Waals surface area contributed by atoms with Gasteiger partial charge in [-0.1, -0.05) is 12.1 Å². The fourth-order valence-electron chi connectivity index (χ4n) is 2.33. The van der Waals surface area contributed by atoms with Crippen molar-refractivity contribution >= 4 is 15.7 Å². The number of rotatable bonds is 6. The zero-order valence-corrected chi connectivity index (χ0v) is 15.1. The fourth-order valence-corrected chi connectivity index (χ4v) is 3.29. The number of hydrogen-bond acceptors (Lipinski definition) is 4. The zero-order chi connectivity index (χ0) is 17.2. The summed E-state index contributed by atoms with van der Waals surface area (Å²) in [7, 11) is 0.412. The first-order chi connectivity index (χ1) is 10.7. The molecule has 0 amide bonds. The summed E-state index contributed by atoms with van der Waals surface area (Å²) in [4.78, 5) is 2.22. The van der Waals surface area contributed by atoms with E-state index in [0.717, 1.165) is 16.8 Å². The third-order valence-electron chi connectivity index (χ3n) is 3.63. The summed E-state index contributed by atoms with van der Waals surface area (Å²) in [6.45, 7) is 6.17. The molecular formula is C16H24N4O2S. The van der Waals surface area contributed by atoms with Gasteiger partial charge in [-0.25, -0.2) is 13.1 Å². The highest BCUT2D eigenvalue weighted by atomic mass is 32.2. The van der Waals surface area contributed by atoms with Crippen LogP contribution in [0.5, 0.6) is 0 Å². The van der Waals surface area contributed by atoms with Crippen LogP contribution in [0.15, 0.2) is 35.5 Å². The smallest absolute Gasteiger partial charge is 0.243 e. The molecule has 0 spiro atoms. The molecule has 0 saturated heterocycles. The first-order valence-electron chi connectivity index (χ1n) is 7.51. The average Bonchev–Trinajstić information content (AvgIpc) is 2.95. The Labute approximate surface area is 138 Å². The molecule has 1 aromatic carbocycles. The van der Waals surface area contributed by atoms with Gasteiger partial charge in [0, 0.05) is 38.6 Å². The van der Waals surface area contributed by atoms with Crippen LogP contribution in [0.3, 0.4) is 0 Å². The van der Waals surface area contributed by atoms with Gasteiger partial charge in [-0.15, -0.1) is 0 Å². The molecule has 0 fully saturated rings. The van der Waals surface area contributed by atoms with E-state index in [1.165, 1.54) is 6.20 Å². The van der Waals surface area contributed by atoms with Gasteiger partial charge < -0.3 is 4.90 Å². The van der Waals surface area contributed by atoms with Crippen LogP contribution < -0.4 is 9.62 Å². The van der Waals surface area contributed by atoms with Gasteiger partial charge in [-0.2, -0.15) is 5.10 Å². The molecule has 0 bridgehead atoms. The molecule has 0 atom stereocenters. The lowest BCUT2D eigenvalue weighted by Gasteiger charge is -2.16. The third-order valence-corrected chi connectivity index (χ3v) is 4.98. The molecule has 0 unspecified atom stereocenters. The van der Waals surface area contributed by atoms with Gasteiger partial charge in [0.2, 0.25) is 10.0 Å². The molecule has 1 N–H and O–H groups in total. The van der Waals surface area contributed by atoms with Crippen LogP contribution in [-0.4, -0.2) is 32.3 Å².